The van der Waals surface area contributed by atoms with E-state index in [1.54, 1.807) is 54.6 Å². The van der Waals surface area contributed by atoms with E-state index in [0.29, 0.717) is 6.20 Å². The van der Waals surface area contributed by atoms with Crippen LogP contribution in [-0.2, 0) is 22.4 Å². The largest absolute Gasteiger partial charge is 0.480 e. The van der Waals surface area contributed by atoms with Crippen molar-refractivity contribution in [3.05, 3.63) is 94.2 Å². The van der Waals surface area contributed by atoms with Gasteiger partial charge in [-0.15, -0.1) is 0 Å². The van der Waals surface area contributed by atoms with E-state index in [9.17, 15) is 29.9 Å². The molecule has 0 aromatic heterocycles. The first-order valence-electron chi connectivity index (χ1n) is 8.72. The van der Waals surface area contributed by atoms with E-state index in [-0.39, 0.29) is 12.8 Å². The molecule has 0 saturated heterocycles. The van der Waals surface area contributed by atoms with Gasteiger partial charge in [-0.05, 0) is 30.0 Å². The molecule has 2 unspecified atom stereocenters. The Bertz CT molecular complexity index is 910. The molecule has 7 heteroatoms. The lowest BCUT2D eigenvalue weighted by atomic mass is 9.86. The molecule has 0 bridgehead atoms. The Kier molecular flexibility index (Phi) is 5.00. The third-order valence-corrected chi connectivity index (χ3v) is 5.59. The molecule has 0 spiro atoms. The summed E-state index contributed by atoms with van der Waals surface area (Å²) in [4.78, 5) is 34.7. The molecule has 2 aromatic rings. The summed E-state index contributed by atoms with van der Waals surface area (Å²) in [5, 5.41) is 30.8. The highest BCUT2D eigenvalue weighted by molar-refractivity contribution is 6.05. The molecule has 1 aliphatic rings. The molecule has 3 rings (SSSR count). The van der Waals surface area contributed by atoms with E-state index in [0.717, 1.165) is 17.2 Å². The number of allylic oxidation sites excluding steroid dienone is 1. The summed E-state index contributed by atoms with van der Waals surface area (Å²) in [6.45, 7) is 0. The van der Waals surface area contributed by atoms with Crippen molar-refractivity contribution >= 4 is 11.9 Å². The molecule has 0 heterocycles. The second-order valence-electron chi connectivity index (χ2n) is 6.96. The summed E-state index contributed by atoms with van der Waals surface area (Å²) < 4.78 is 0. The lowest BCUT2D eigenvalue weighted by molar-refractivity contribution is -0.403. The lowest BCUT2D eigenvalue weighted by Crippen LogP contribution is -2.33. The average Bonchev–Trinajstić information content (AvgIpc) is 3.23. The molecule has 2 atom stereocenters. The first-order valence-corrected chi connectivity index (χ1v) is 8.72. The fourth-order valence-electron chi connectivity index (χ4n) is 4.31. The van der Waals surface area contributed by atoms with Crippen LogP contribution in [0, 0.1) is 26.9 Å². The normalized spacial score (nSPS) is 22.6. The minimum atomic E-state index is -2.13. The summed E-state index contributed by atoms with van der Waals surface area (Å²) in [5.41, 5.74) is -2.04. The Morgan fingerprint density at radius 3 is 1.93 bits per heavy atom. The number of hydrogen-bond acceptors (Lipinski definition) is 4. The third kappa shape index (κ3) is 3.05. The predicted octanol–water partition coefficient (Wildman–Crippen LogP) is 3.03. The standard InChI is InChI=1S/C21H19NO6/c23-18(24)21(19(25)26)17(13-15-7-3-1-4-8-15)20(21,11-12-22(27)28)14-16-9-5-2-6-10-16/h1-12,17H,13-14H2,(H,23,24)(H,25,26)/b12-11+. The van der Waals surface area contributed by atoms with Gasteiger partial charge in [-0.25, -0.2) is 0 Å². The van der Waals surface area contributed by atoms with E-state index in [4.69, 9.17) is 0 Å². The number of benzene rings is 2. The maximum atomic E-state index is 12.2. The number of carboxylic acid groups (broad SMARTS) is 2. The predicted molar refractivity (Wildman–Crippen MR) is 100 cm³/mol. The van der Waals surface area contributed by atoms with E-state index >= 15 is 0 Å². The summed E-state index contributed by atoms with van der Waals surface area (Å²) in [6, 6.07) is 17.8. The summed E-state index contributed by atoms with van der Waals surface area (Å²) in [5.74, 6) is -3.79. The Balaban J connectivity index is 2.13. The highest BCUT2D eigenvalue weighted by Gasteiger charge is 2.84. The van der Waals surface area contributed by atoms with Gasteiger partial charge in [0.25, 0.3) is 0 Å². The van der Waals surface area contributed by atoms with Crippen LogP contribution in [0.3, 0.4) is 0 Å². The van der Waals surface area contributed by atoms with Gasteiger partial charge in [0, 0.05) is 11.3 Å². The molecule has 1 fully saturated rings. The van der Waals surface area contributed by atoms with Crippen molar-refractivity contribution in [1.82, 2.24) is 0 Å². The first-order chi connectivity index (χ1) is 13.3. The molecule has 1 aliphatic carbocycles. The zero-order chi connectivity index (χ0) is 20.4. The molecular weight excluding hydrogens is 362 g/mol. The molecule has 2 aromatic carbocycles. The van der Waals surface area contributed by atoms with Crippen molar-refractivity contribution < 1.29 is 24.7 Å². The van der Waals surface area contributed by atoms with Crippen molar-refractivity contribution in [2.45, 2.75) is 12.8 Å². The Labute approximate surface area is 161 Å². The minimum absolute atomic E-state index is 0.0777. The zero-order valence-electron chi connectivity index (χ0n) is 14.9. The second kappa shape index (κ2) is 7.26. The lowest BCUT2D eigenvalue weighted by Gasteiger charge is -2.16. The van der Waals surface area contributed by atoms with Crippen molar-refractivity contribution in [1.29, 1.82) is 0 Å². The van der Waals surface area contributed by atoms with Gasteiger partial charge in [-0.1, -0.05) is 60.7 Å². The smallest absolute Gasteiger partial charge is 0.322 e. The van der Waals surface area contributed by atoms with Crippen LogP contribution < -0.4 is 0 Å². The molecule has 0 radical (unpaired) electrons. The van der Waals surface area contributed by atoms with E-state index < -0.39 is 33.6 Å². The highest BCUT2D eigenvalue weighted by Crippen LogP contribution is 2.72. The minimum Gasteiger partial charge on any atom is -0.480 e. The van der Waals surface area contributed by atoms with Gasteiger partial charge in [0.1, 0.15) is 0 Å². The third-order valence-electron chi connectivity index (χ3n) is 5.59. The number of aliphatic carboxylic acids is 2. The molecule has 28 heavy (non-hydrogen) atoms. The SMILES string of the molecule is O=C(O)C1(C(=O)O)C(Cc2ccccc2)C1(/C=C/[N+](=O)[O-])Cc1ccccc1. The first kappa shape index (κ1) is 19.3. The highest BCUT2D eigenvalue weighted by atomic mass is 16.6. The summed E-state index contributed by atoms with van der Waals surface area (Å²) >= 11 is 0. The second-order valence-corrected chi connectivity index (χ2v) is 6.96. The Morgan fingerprint density at radius 1 is 0.964 bits per heavy atom. The van der Waals surface area contributed by atoms with Crippen LogP contribution >= 0.6 is 0 Å². The van der Waals surface area contributed by atoms with Crippen LogP contribution in [0.4, 0.5) is 0 Å². The van der Waals surface area contributed by atoms with Gasteiger partial charge in [0.05, 0.1) is 4.92 Å². The van der Waals surface area contributed by atoms with Crippen molar-refractivity contribution in [2.75, 3.05) is 0 Å². The molecule has 2 N–H and O–H groups in total. The topological polar surface area (TPSA) is 118 Å². The van der Waals surface area contributed by atoms with E-state index in [1.165, 1.54) is 0 Å². The van der Waals surface area contributed by atoms with E-state index in [2.05, 4.69) is 0 Å². The molecule has 1 saturated carbocycles. The van der Waals surface area contributed by atoms with E-state index in [1.807, 2.05) is 6.07 Å². The Morgan fingerprint density at radius 2 is 1.46 bits per heavy atom. The van der Waals surface area contributed by atoms with Gasteiger partial charge in [-0.3, -0.25) is 19.7 Å². The molecular formula is C21H19NO6. The van der Waals surface area contributed by atoms with Crippen LogP contribution in [-0.4, -0.2) is 27.1 Å². The number of hydrogen-bond donors (Lipinski definition) is 2. The number of carboxylic acids is 2. The quantitative estimate of drug-likeness (QED) is 0.412. The maximum absolute atomic E-state index is 12.2. The van der Waals surface area contributed by atoms with Crippen LogP contribution in [0.25, 0.3) is 0 Å². The fraction of sp³-hybridized carbons (Fsp3) is 0.238. The van der Waals surface area contributed by atoms with Crippen molar-refractivity contribution in [3.63, 3.8) is 0 Å². The zero-order valence-corrected chi connectivity index (χ0v) is 14.9. The fourth-order valence-corrected chi connectivity index (χ4v) is 4.31. The number of rotatable bonds is 8. The van der Waals surface area contributed by atoms with Gasteiger partial charge >= 0.3 is 11.9 Å². The number of nitro groups is 1. The molecule has 0 amide bonds. The maximum Gasteiger partial charge on any atom is 0.322 e. The number of nitrogens with zero attached hydrogens (tertiary/aromatic N) is 1. The average molecular weight is 381 g/mol. The van der Waals surface area contributed by atoms with Crippen molar-refractivity contribution in [2.24, 2.45) is 16.7 Å². The summed E-state index contributed by atoms with van der Waals surface area (Å²) in [7, 11) is 0. The van der Waals surface area contributed by atoms with Gasteiger partial charge in [-0.2, -0.15) is 0 Å². The van der Waals surface area contributed by atoms with Crippen LogP contribution in [0.2, 0.25) is 0 Å². The molecule has 144 valence electrons. The van der Waals surface area contributed by atoms with Gasteiger partial charge in [0.2, 0.25) is 6.20 Å². The van der Waals surface area contributed by atoms with Gasteiger partial charge < -0.3 is 10.2 Å². The van der Waals surface area contributed by atoms with Crippen LogP contribution in [0.5, 0.6) is 0 Å². The van der Waals surface area contributed by atoms with Gasteiger partial charge in [0.15, 0.2) is 5.41 Å². The van der Waals surface area contributed by atoms with Crippen molar-refractivity contribution in [3.8, 4) is 0 Å². The summed E-state index contributed by atoms with van der Waals surface area (Å²) in [6.07, 6.45) is 2.09. The molecule has 7 nitrogen and oxygen atoms in total. The number of carbonyl (C=O) groups is 2. The van der Waals surface area contributed by atoms with Crippen LogP contribution in [0.1, 0.15) is 11.1 Å². The van der Waals surface area contributed by atoms with Crippen LogP contribution in [0.15, 0.2) is 72.9 Å². The Hall–Kier alpha value is -3.48. The molecule has 0 aliphatic heterocycles. The monoisotopic (exact) mass is 381 g/mol.